The van der Waals surface area contributed by atoms with Crippen molar-refractivity contribution in [3.05, 3.63) is 29.8 Å². The summed E-state index contributed by atoms with van der Waals surface area (Å²) >= 11 is 1.34. The lowest BCUT2D eigenvalue weighted by molar-refractivity contribution is -0.142. The number of aromatic nitrogens is 2. The Kier molecular flexibility index (Phi) is 3.89. The number of halogens is 1. The molecule has 2 heterocycles. The Balaban J connectivity index is 2.20. The van der Waals surface area contributed by atoms with Crippen LogP contribution in [0.2, 0.25) is 0 Å². The smallest absolute Gasteiger partial charge is 0.343 e. The Morgan fingerprint density at radius 2 is 2.18 bits per heavy atom. The van der Waals surface area contributed by atoms with Crippen LogP contribution in [0.1, 0.15) is 12.7 Å². The zero-order valence-corrected chi connectivity index (χ0v) is 12.9. The molecule has 0 saturated carbocycles. The Morgan fingerprint density at radius 3 is 2.91 bits per heavy atom. The summed E-state index contributed by atoms with van der Waals surface area (Å²) in [6.07, 6.45) is 0.580. The van der Waals surface area contributed by atoms with E-state index in [0.29, 0.717) is 27.8 Å². The molecule has 3 rings (SSSR count). The molecule has 0 bridgehead atoms. The summed E-state index contributed by atoms with van der Waals surface area (Å²) in [5.74, 6) is -0.0105. The van der Waals surface area contributed by atoms with E-state index in [2.05, 4.69) is 14.7 Å². The number of rotatable bonds is 4. The fourth-order valence-corrected chi connectivity index (χ4v) is 3.21. The van der Waals surface area contributed by atoms with Gasteiger partial charge in [-0.05, 0) is 12.1 Å². The summed E-state index contributed by atoms with van der Waals surface area (Å²) in [6, 6.07) is 4.87. The molecule has 0 amide bonds. The van der Waals surface area contributed by atoms with Crippen LogP contribution in [0.3, 0.4) is 0 Å². The van der Waals surface area contributed by atoms with Crippen LogP contribution in [0.4, 0.5) is 4.39 Å². The summed E-state index contributed by atoms with van der Waals surface area (Å²) in [7, 11) is 1.29. The minimum atomic E-state index is -0.503. The number of fused-ring (bicyclic) bond motifs is 3. The molecule has 0 aliphatic heterocycles. The number of methoxy groups -OCH3 is 1. The van der Waals surface area contributed by atoms with Crippen molar-refractivity contribution in [1.82, 2.24) is 9.97 Å². The average Bonchev–Trinajstić information content (AvgIpc) is 2.91. The maximum absolute atomic E-state index is 14.1. The van der Waals surface area contributed by atoms with E-state index >= 15 is 0 Å². The lowest BCUT2D eigenvalue weighted by Crippen LogP contribution is -2.13. The van der Waals surface area contributed by atoms with Crippen LogP contribution in [0.15, 0.2) is 18.2 Å². The second-order valence-corrected chi connectivity index (χ2v) is 5.61. The molecule has 22 heavy (non-hydrogen) atoms. The van der Waals surface area contributed by atoms with E-state index in [4.69, 9.17) is 4.74 Å². The Morgan fingerprint density at radius 1 is 1.36 bits per heavy atom. The van der Waals surface area contributed by atoms with E-state index in [-0.39, 0.29) is 18.3 Å². The summed E-state index contributed by atoms with van der Waals surface area (Å²) in [5.41, 5.74) is 0.518. The summed E-state index contributed by atoms with van der Waals surface area (Å²) in [6.45, 7) is 1.65. The van der Waals surface area contributed by atoms with Crippen LogP contribution in [0, 0.1) is 5.82 Å². The van der Waals surface area contributed by atoms with Gasteiger partial charge in [0.1, 0.15) is 16.3 Å². The SMILES string of the molecule is CCc1nc(OCC(=O)OC)c2sc3cccc(F)c3c2n1. The number of thiophene rings is 1. The normalized spacial score (nSPS) is 11.0. The third-order valence-electron chi connectivity index (χ3n) is 3.18. The number of ether oxygens (including phenoxy) is 2. The van der Waals surface area contributed by atoms with E-state index in [9.17, 15) is 9.18 Å². The molecule has 114 valence electrons. The quantitative estimate of drug-likeness (QED) is 0.691. The van der Waals surface area contributed by atoms with Crippen LogP contribution in [-0.2, 0) is 16.0 Å². The molecule has 0 saturated heterocycles. The van der Waals surface area contributed by atoms with Gasteiger partial charge in [-0.2, -0.15) is 4.98 Å². The van der Waals surface area contributed by atoms with Gasteiger partial charge in [0.2, 0.25) is 5.88 Å². The maximum Gasteiger partial charge on any atom is 0.343 e. The average molecular weight is 320 g/mol. The minimum Gasteiger partial charge on any atom is -0.466 e. The van der Waals surface area contributed by atoms with Crippen molar-refractivity contribution in [2.75, 3.05) is 13.7 Å². The lowest BCUT2D eigenvalue weighted by atomic mass is 10.2. The maximum atomic E-state index is 14.1. The van der Waals surface area contributed by atoms with Gasteiger partial charge in [-0.1, -0.05) is 13.0 Å². The van der Waals surface area contributed by atoms with E-state index in [1.54, 1.807) is 6.07 Å². The number of hydrogen-bond acceptors (Lipinski definition) is 6. The fraction of sp³-hybridized carbons (Fsp3) is 0.267. The molecular weight excluding hydrogens is 307 g/mol. The first-order valence-corrected chi connectivity index (χ1v) is 7.53. The molecule has 0 spiro atoms. The molecule has 0 N–H and O–H groups in total. The molecule has 5 nitrogen and oxygen atoms in total. The Labute approximate surface area is 129 Å². The highest BCUT2D eigenvalue weighted by Crippen LogP contribution is 2.38. The molecule has 0 radical (unpaired) electrons. The third kappa shape index (κ3) is 2.48. The highest BCUT2D eigenvalue weighted by molar-refractivity contribution is 7.26. The van der Waals surface area contributed by atoms with Gasteiger partial charge in [-0.3, -0.25) is 0 Å². The van der Waals surface area contributed by atoms with Crippen molar-refractivity contribution in [3.8, 4) is 5.88 Å². The van der Waals surface area contributed by atoms with Gasteiger partial charge in [-0.15, -0.1) is 11.3 Å². The van der Waals surface area contributed by atoms with Crippen LogP contribution >= 0.6 is 11.3 Å². The van der Waals surface area contributed by atoms with E-state index < -0.39 is 5.97 Å². The van der Waals surface area contributed by atoms with Gasteiger partial charge >= 0.3 is 5.97 Å². The predicted octanol–water partition coefficient (Wildman–Crippen LogP) is 3.10. The predicted molar refractivity (Wildman–Crippen MR) is 81.8 cm³/mol. The van der Waals surface area contributed by atoms with E-state index in [1.807, 2.05) is 13.0 Å². The number of benzene rings is 1. The van der Waals surface area contributed by atoms with Crippen molar-refractivity contribution in [2.45, 2.75) is 13.3 Å². The largest absolute Gasteiger partial charge is 0.466 e. The van der Waals surface area contributed by atoms with E-state index in [0.717, 1.165) is 4.70 Å². The summed E-state index contributed by atoms with van der Waals surface area (Å²) < 4.78 is 25.5. The molecule has 2 aromatic heterocycles. The minimum absolute atomic E-state index is 0.248. The first kappa shape index (κ1) is 14.6. The van der Waals surface area contributed by atoms with Crippen molar-refractivity contribution in [3.63, 3.8) is 0 Å². The molecular formula is C15H13FN2O3S. The fourth-order valence-electron chi connectivity index (χ4n) is 2.11. The standard InChI is InChI=1S/C15H13FN2O3S/c1-3-10-17-13-12-8(16)5-4-6-9(12)22-14(13)15(18-10)21-7-11(19)20-2/h4-6H,3,7H2,1-2H3. The van der Waals surface area contributed by atoms with Crippen LogP contribution in [-0.4, -0.2) is 29.7 Å². The molecule has 0 aliphatic carbocycles. The zero-order chi connectivity index (χ0) is 15.7. The third-order valence-corrected chi connectivity index (χ3v) is 4.31. The monoisotopic (exact) mass is 320 g/mol. The number of aryl methyl sites for hydroxylation is 1. The van der Waals surface area contributed by atoms with Gasteiger partial charge in [0, 0.05) is 11.1 Å². The number of carbonyl (C=O) groups is 1. The van der Waals surface area contributed by atoms with Gasteiger partial charge in [-0.25, -0.2) is 14.2 Å². The highest BCUT2D eigenvalue weighted by atomic mass is 32.1. The van der Waals surface area contributed by atoms with Gasteiger partial charge in [0.05, 0.1) is 18.0 Å². The number of carbonyl (C=O) groups excluding carboxylic acids is 1. The highest BCUT2D eigenvalue weighted by Gasteiger charge is 2.17. The number of hydrogen-bond donors (Lipinski definition) is 0. The molecule has 0 fully saturated rings. The summed E-state index contributed by atoms with van der Waals surface area (Å²) in [5, 5.41) is 0.461. The van der Waals surface area contributed by atoms with Crippen LogP contribution in [0.25, 0.3) is 20.3 Å². The molecule has 7 heteroatoms. The molecule has 0 unspecified atom stereocenters. The zero-order valence-electron chi connectivity index (χ0n) is 12.1. The van der Waals surface area contributed by atoms with Crippen LogP contribution in [0.5, 0.6) is 5.88 Å². The van der Waals surface area contributed by atoms with E-state index in [1.165, 1.54) is 24.5 Å². The van der Waals surface area contributed by atoms with Gasteiger partial charge in [0.25, 0.3) is 0 Å². The number of nitrogens with zero attached hydrogens (tertiary/aromatic N) is 2. The first-order valence-electron chi connectivity index (χ1n) is 6.71. The summed E-state index contributed by atoms with van der Waals surface area (Å²) in [4.78, 5) is 20.0. The molecule has 1 aromatic carbocycles. The first-order chi connectivity index (χ1) is 10.6. The van der Waals surface area contributed by atoms with Crippen molar-refractivity contribution < 1.29 is 18.7 Å². The molecule has 3 aromatic rings. The molecule has 0 aliphatic rings. The van der Waals surface area contributed by atoms with Crippen molar-refractivity contribution in [1.29, 1.82) is 0 Å². The molecule has 0 atom stereocenters. The van der Waals surface area contributed by atoms with Crippen molar-refractivity contribution in [2.24, 2.45) is 0 Å². The lowest BCUT2D eigenvalue weighted by Gasteiger charge is -2.06. The second-order valence-electron chi connectivity index (χ2n) is 4.56. The second kappa shape index (κ2) is 5.84. The topological polar surface area (TPSA) is 61.3 Å². The van der Waals surface area contributed by atoms with Crippen molar-refractivity contribution >= 4 is 37.6 Å². The van der Waals surface area contributed by atoms with Crippen LogP contribution < -0.4 is 4.74 Å². The Bertz CT molecular complexity index is 863. The number of esters is 1. The van der Waals surface area contributed by atoms with Gasteiger partial charge in [0.15, 0.2) is 6.61 Å². The Hall–Kier alpha value is -2.28. The van der Waals surface area contributed by atoms with Gasteiger partial charge < -0.3 is 9.47 Å².